The maximum atomic E-state index is 11.0. The van der Waals surface area contributed by atoms with Gasteiger partial charge >= 0.3 is 0 Å². The van der Waals surface area contributed by atoms with Crippen molar-refractivity contribution in [1.29, 1.82) is 0 Å². The number of phenols is 1. The van der Waals surface area contributed by atoms with Gasteiger partial charge in [0.15, 0.2) is 23.2 Å². The number of hydrogen-bond donors (Lipinski definition) is 5. The van der Waals surface area contributed by atoms with Crippen LogP contribution in [0.1, 0.15) is 64.5 Å². The summed E-state index contributed by atoms with van der Waals surface area (Å²) >= 11 is 0. The molecule has 0 saturated carbocycles. The molecule has 2 aromatic heterocycles. The first kappa shape index (κ1) is 26.3. The predicted octanol–water partition coefficient (Wildman–Crippen LogP) is 2.39. The number of nitrogens with one attached hydrogen (secondary N) is 1. The van der Waals surface area contributed by atoms with Crippen LogP contribution in [0, 0.1) is 0 Å². The topological polar surface area (TPSA) is 146 Å². The van der Waals surface area contributed by atoms with Crippen LogP contribution in [-0.4, -0.2) is 71.4 Å². The molecule has 1 saturated heterocycles. The Morgan fingerprint density at radius 3 is 2.17 bits per heavy atom. The van der Waals surface area contributed by atoms with Gasteiger partial charge in [0.25, 0.3) is 0 Å². The van der Waals surface area contributed by atoms with Crippen LogP contribution in [-0.2, 0) is 22.0 Å². The van der Waals surface area contributed by atoms with Gasteiger partial charge in [0.2, 0.25) is 0 Å². The highest BCUT2D eigenvalue weighted by Crippen LogP contribution is 2.40. The van der Waals surface area contributed by atoms with Crippen molar-refractivity contribution in [3.63, 3.8) is 0 Å². The molecule has 1 aliphatic rings. The second-order valence-corrected chi connectivity index (χ2v) is 11.5. The molecular weight excluding hydrogens is 462 g/mol. The molecule has 10 heteroatoms. The van der Waals surface area contributed by atoms with E-state index in [9.17, 15) is 20.4 Å². The number of rotatable bonds is 6. The number of benzene rings is 1. The molecule has 0 amide bonds. The fourth-order valence-electron chi connectivity index (χ4n) is 4.58. The van der Waals surface area contributed by atoms with Gasteiger partial charge in [0, 0.05) is 6.54 Å². The van der Waals surface area contributed by atoms with Crippen molar-refractivity contribution in [2.75, 3.05) is 18.5 Å². The lowest BCUT2D eigenvalue weighted by molar-refractivity contribution is -0.0511. The number of aromatic hydroxyl groups is 1. The summed E-state index contributed by atoms with van der Waals surface area (Å²) in [7, 11) is 0. The molecule has 0 unspecified atom stereocenters. The van der Waals surface area contributed by atoms with E-state index in [0.29, 0.717) is 35.7 Å². The van der Waals surface area contributed by atoms with Crippen LogP contribution >= 0.6 is 0 Å². The zero-order valence-electron chi connectivity index (χ0n) is 21.7. The van der Waals surface area contributed by atoms with E-state index in [1.54, 1.807) is 0 Å². The van der Waals surface area contributed by atoms with Crippen molar-refractivity contribution in [2.45, 2.75) is 83.3 Å². The highest BCUT2D eigenvalue weighted by molar-refractivity contribution is 5.82. The van der Waals surface area contributed by atoms with Gasteiger partial charge in [-0.15, -0.1) is 0 Å². The summed E-state index contributed by atoms with van der Waals surface area (Å²) in [4.78, 5) is 13.0. The number of fused-ring (bicyclic) bond motifs is 1. The number of imidazole rings is 1. The molecule has 1 aromatic carbocycles. The van der Waals surface area contributed by atoms with E-state index in [1.165, 1.54) is 17.2 Å². The molecule has 0 aliphatic carbocycles. The van der Waals surface area contributed by atoms with E-state index >= 15 is 0 Å². The van der Waals surface area contributed by atoms with Crippen LogP contribution in [0.5, 0.6) is 5.75 Å². The van der Waals surface area contributed by atoms with Crippen LogP contribution in [0.15, 0.2) is 24.8 Å². The van der Waals surface area contributed by atoms with E-state index in [2.05, 4.69) is 73.9 Å². The summed E-state index contributed by atoms with van der Waals surface area (Å²) in [5.41, 5.74) is 3.50. The Hall–Kier alpha value is -2.79. The van der Waals surface area contributed by atoms with Crippen LogP contribution in [0.25, 0.3) is 11.2 Å². The number of aromatic nitrogens is 4. The largest absolute Gasteiger partial charge is 0.507 e. The van der Waals surface area contributed by atoms with Crippen molar-refractivity contribution in [1.82, 2.24) is 19.5 Å². The quantitative estimate of drug-likeness (QED) is 0.345. The fraction of sp³-hybridized carbons (Fsp3) is 0.577. The summed E-state index contributed by atoms with van der Waals surface area (Å²) in [5, 5.41) is 44.2. The summed E-state index contributed by atoms with van der Waals surface area (Å²) < 4.78 is 7.16. The van der Waals surface area contributed by atoms with Gasteiger partial charge in [-0.2, -0.15) is 0 Å². The van der Waals surface area contributed by atoms with Crippen LogP contribution in [0.2, 0.25) is 0 Å². The summed E-state index contributed by atoms with van der Waals surface area (Å²) in [6.45, 7) is 12.7. The molecule has 196 valence electrons. The van der Waals surface area contributed by atoms with Crippen molar-refractivity contribution in [2.24, 2.45) is 0 Å². The Balaban J connectivity index is 1.56. The number of phenolic OH excluding ortho intramolecular Hbond substituents is 1. The first-order valence-electron chi connectivity index (χ1n) is 12.2. The van der Waals surface area contributed by atoms with E-state index < -0.39 is 31.1 Å². The number of aliphatic hydroxyl groups is 3. The molecule has 4 rings (SSSR count). The van der Waals surface area contributed by atoms with E-state index in [4.69, 9.17) is 4.74 Å². The van der Waals surface area contributed by atoms with Crippen LogP contribution in [0.3, 0.4) is 0 Å². The number of ether oxygens (including phenoxy) is 1. The Morgan fingerprint density at radius 1 is 0.972 bits per heavy atom. The van der Waals surface area contributed by atoms with Gasteiger partial charge in [-0.25, -0.2) is 15.0 Å². The minimum absolute atomic E-state index is 0.200. The first-order chi connectivity index (χ1) is 16.8. The zero-order chi connectivity index (χ0) is 26.4. The Bertz CT molecular complexity index is 1190. The van der Waals surface area contributed by atoms with Gasteiger partial charge in [0.1, 0.15) is 30.4 Å². The standard InChI is InChI=1S/C26H37N5O5/c1-25(2,3)15-9-14(10-16(19(15)33)26(4,5)6)7-8-27-22-18-23(29-12-28-22)31(13-30-18)24-21(35)20(34)17(11-32)36-24/h9-10,12-13,17,20-21,24,32-35H,7-8,11H2,1-6H3,(H,27,28,29)/t17-,20-,21-,24-/m1/s1. The van der Waals surface area contributed by atoms with Crippen molar-refractivity contribution < 1.29 is 25.2 Å². The van der Waals surface area contributed by atoms with Crippen molar-refractivity contribution in [3.8, 4) is 5.75 Å². The van der Waals surface area contributed by atoms with Gasteiger partial charge < -0.3 is 30.5 Å². The number of anilines is 1. The normalized spacial score (nSPS) is 22.9. The number of aliphatic hydroxyl groups excluding tert-OH is 3. The SMILES string of the molecule is CC(C)(C)c1cc(CCNc2ncnc3c2ncn3[C@@H]2O[C@H](CO)[C@@H](O)[C@H]2O)cc(C(C)(C)C)c1O. The molecule has 3 heterocycles. The third kappa shape index (κ3) is 4.90. The molecule has 3 aromatic rings. The lowest BCUT2D eigenvalue weighted by Crippen LogP contribution is -2.33. The average Bonchev–Trinajstić information content (AvgIpc) is 3.34. The summed E-state index contributed by atoms with van der Waals surface area (Å²) in [6.07, 6.45) is -0.659. The molecule has 4 atom stereocenters. The molecule has 1 aliphatic heterocycles. The zero-order valence-corrected chi connectivity index (χ0v) is 21.7. The molecule has 0 radical (unpaired) electrons. The average molecular weight is 500 g/mol. The minimum atomic E-state index is -1.23. The Labute approximate surface area is 211 Å². The molecule has 10 nitrogen and oxygen atoms in total. The maximum Gasteiger partial charge on any atom is 0.167 e. The van der Waals surface area contributed by atoms with Gasteiger partial charge in [0.05, 0.1) is 12.9 Å². The summed E-state index contributed by atoms with van der Waals surface area (Å²) in [6, 6.07) is 4.14. The number of hydrogen-bond acceptors (Lipinski definition) is 9. The Kier molecular flexibility index (Phi) is 7.00. The smallest absolute Gasteiger partial charge is 0.167 e. The second-order valence-electron chi connectivity index (χ2n) is 11.5. The van der Waals surface area contributed by atoms with E-state index in [-0.39, 0.29) is 10.8 Å². The van der Waals surface area contributed by atoms with Gasteiger partial charge in [-0.3, -0.25) is 4.57 Å². The van der Waals surface area contributed by atoms with Gasteiger partial charge in [-0.1, -0.05) is 53.7 Å². The monoisotopic (exact) mass is 499 g/mol. The second kappa shape index (κ2) is 9.59. The third-order valence-electron chi connectivity index (χ3n) is 6.64. The molecule has 5 N–H and O–H groups in total. The van der Waals surface area contributed by atoms with Gasteiger partial charge in [-0.05, 0) is 33.9 Å². The lowest BCUT2D eigenvalue weighted by atomic mass is 9.78. The first-order valence-corrected chi connectivity index (χ1v) is 12.2. The van der Waals surface area contributed by atoms with E-state index in [0.717, 1.165) is 16.7 Å². The molecular formula is C26H37N5O5. The summed E-state index contributed by atoms with van der Waals surface area (Å²) in [5.74, 6) is 0.899. The Morgan fingerprint density at radius 2 is 1.61 bits per heavy atom. The lowest BCUT2D eigenvalue weighted by Gasteiger charge is -2.28. The molecule has 36 heavy (non-hydrogen) atoms. The minimum Gasteiger partial charge on any atom is -0.507 e. The van der Waals surface area contributed by atoms with Crippen molar-refractivity contribution >= 4 is 17.0 Å². The van der Waals surface area contributed by atoms with Crippen molar-refractivity contribution in [3.05, 3.63) is 41.5 Å². The predicted molar refractivity (Wildman–Crippen MR) is 136 cm³/mol. The number of nitrogens with zero attached hydrogens (tertiary/aromatic N) is 4. The highest BCUT2D eigenvalue weighted by atomic mass is 16.6. The molecule has 0 spiro atoms. The molecule has 0 bridgehead atoms. The fourth-order valence-corrected chi connectivity index (χ4v) is 4.58. The van der Waals surface area contributed by atoms with Crippen LogP contribution in [0.4, 0.5) is 5.82 Å². The highest BCUT2D eigenvalue weighted by Gasteiger charge is 2.44. The third-order valence-corrected chi connectivity index (χ3v) is 6.64. The van der Waals surface area contributed by atoms with Crippen LogP contribution < -0.4 is 5.32 Å². The van der Waals surface area contributed by atoms with E-state index in [1.807, 2.05) is 0 Å². The maximum absolute atomic E-state index is 11.0. The molecule has 1 fully saturated rings.